The molecular formula is C29H38N6O6. The van der Waals surface area contributed by atoms with Gasteiger partial charge in [-0.1, -0.05) is 0 Å². The standard InChI is InChI=1S/C29H38N6O6/c30-6-3-7-33(14-24-10-22(28-4-1-8-40-28)12-26(31-24)16-34(18-36)19-37)15-25-11-23(29-5-2-9-41-29)13-27(32-25)17-35(20-38)21-39/h1-2,4-5,8-13,36-39H,3,6-7,14-21,30H2. The first-order chi connectivity index (χ1) is 20.0. The van der Waals surface area contributed by atoms with Crippen molar-refractivity contribution >= 4 is 0 Å². The fraction of sp³-hybridized carbons (Fsp3) is 0.379. The number of aromatic nitrogens is 2. The zero-order valence-electron chi connectivity index (χ0n) is 23.0. The van der Waals surface area contributed by atoms with E-state index < -0.39 is 0 Å². The van der Waals surface area contributed by atoms with Crippen molar-refractivity contribution in [3.63, 3.8) is 0 Å². The molecule has 41 heavy (non-hydrogen) atoms. The predicted molar refractivity (Wildman–Crippen MR) is 151 cm³/mol. The lowest BCUT2D eigenvalue weighted by molar-refractivity contribution is 0.0223. The molecule has 0 aliphatic heterocycles. The highest BCUT2D eigenvalue weighted by Gasteiger charge is 2.16. The van der Waals surface area contributed by atoms with Crippen LogP contribution in [-0.4, -0.2) is 85.1 Å². The third kappa shape index (κ3) is 8.76. The minimum absolute atomic E-state index is 0.264. The summed E-state index contributed by atoms with van der Waals surface area (Å²) in [6.45, 7) is 1.52. The van der Waals surface area contributed by atoms with Crippen molar-refractivity contribution in [1.29, 1.82) is 0 Å². The molecule has 0 amide bonds. The van der Waals surface area contributed by atoms with Crippen LogP contribution in [-0.2, 0) is 26.2 Å². The highest BCUT2D eigenvalue weighted by atomic mass is 16.3. The van der Waals surface area contributed by atoms with Gasteiger partial charge in [-0.3, -0.25) is 24.7 Å². The highest BCUT2D eigenvalue weighted by Crippen LogP contribution is 2.25. The molecule has 12 nitrogen and oxygen atoms in total. The summed E-state index contributed by atoms with van der Waals surface area (Å²) in [5.74, 6) is 1.38. The second-order valence-corrected chi connectivity index (χ2v) is 9.71. The maximum Gasteiger partial charge on any atom is 0.133 e. The van der Waals surface area contributed by atoms with Crippen molar-refractivity contribution in [3.05, 3.63) is 83.8 Å². The van der Waals surface area contributed by atoms with Gasteiger partial charge in [0.25, 0.3) is 0 Å². The van der Waals surface area contributed by atoms with E-state index in [1.165, 1.54) is 9.80 Å². The Kier molecular flexibility index (Phi) is 11.5. The van der Waals surface area contributed by atoms with Gasteiger partial charge in [-0.15, -0.1) is 0 Å². The summed E-state index contributed by atoms with van der Waals surface area (Å²) < 4.78 is 11.3. The normalized spacial score (nSPS) is 11.8. The first-order valence-electron chi connectivity index (χ1n) is 13.4. The lowest BCUT2D eigenvalue weighted by Crippen LogP contribution is -2.28. The van der Waals surface area contributed by atoms with E-state index in [1.54, 1.807) is 12.5 Å². The third-order valence-electron chi connectivity index (χ3n) is 6.50. The summed E-state index contributed by atoms with van der Waals surface area (Å²) in [5.41, 5.74) is 10.5. The summed E-state index contributed by atoms with van der Waals surface area (Å²) in [6.07, 6.45) is 3.99. The summed E-state index contributed by atoms with van der Waals surface area (Å²) in [6, 6.07) is 15.1. The zero-order valence-corrected chi connectivity index (χ0v) is 23.0. The molecule has 12 heteroatoms. The van der Waals surface area contributed by atoms with Crippen molar-refractivity contribution in [2.24, 2.45) is 5.73 Å². The molecule has 0 atom stereocenters. The number of hydrogen-bond acceptors (Lipinski definition) is 12. The summed E-state index contributed by atoms with van der Waals surface area (Å²) in [4.78, 5) is 14.8. The maximum atomic E-state index is 9.57. The van der Waals surface area contributed by atoms with Gasteiger partial charge in [0.05, 0.1) is 62.2 Å². The molecule has 0 aliphatic carbocycles. The van der Waals surface area contributed by atoms with Crippen LogP contribution in [0.15, 0.2) is 69.9 Å². The predicted octanol–water partition coefficient (Wildman–Crippen LogP) is 1.75. The quantitative estimate of drug-likeness (QED) is 0.118. The number of pyridine rings is 2. The van der Waals surface area contributed by atoms with Crippen LogP contribution in [0.3, 0.4) is 0 Å². The van der Waals surface area contributed by atoms with Gasteiger partial charge in [0, 0.05) is 43.9 Å². The van der Waals surface area contributed by atoms with Gasteiger partial charge in [-0.2, -0.15) is 0 Å². The van der Waals surface area contributed by atoms with Gasteiger partial charge < -0.3 is 35.0 Å². The molecule has 0 aliphatic rings. The zero-order chi connectivity index (χ0) is 29.0. The molecule has 6 N–H and O–H groups in total. The van der Waals surface area contributed by atoms with Gasteiger partial charge >= 0.3 is 0 Å². The molecule has 220 valence electrons. The monoisotopic (exact) mass is 566 g/mol. The minimum atomic E-state index is -0.300. The molecule has 4 aromatic heterocycles. The van der Waals surface area contributed by atoms with Crippen LogP contribution in [0.5, 0.6) is 0 Å². The fourth-order valence-electron chi connectivity index (χ4n) is 4.53. The number of nitrogens with two attached hydrogens (primary N) is 1. The SMILES string of the molecule is NCCCN(Cc1cc(-c2ccco2)cc(CN(CO)CO)n1)Cc1cc(-c2ccco2)cc(CN(CO)CO)n1. The Bertz CT molecular complexity index is 1210. The van der Waals surface area contributed by atoms with E-state index in [2.05, 4.69) is 4.90 Å². The van der Waals surface area contributed by atoms with Crippen LogP contribution >= 0.6 is 0 Å². The molecule has 0 aromatic carbocycles. The van der Waals surface area contributed by atoms with Gasteiger partial charge in [-0.05, 0) is 61.5 Å². The summed E-state index contributed by atoms with van der Waals surface area (Å²) in [5, 5.41) is 38.3. The van der Waals surface area contributed by atoms with Crippen molar-refractivity contribution in [2.45, 2.75) is 32.6 Å². The fourth-order valence-corrected chi connectivity index (χ4v) is 4.53. The topological polar surface area (TPSA) is 169 Å². The Morgan fingerprint density at radius 2 is 1.00 bits per heavy atom. The molecule has 0 bridgehead atoms. The largest absolute Gasteiger partial charge is 0.464 e. The van der Waals surface area contributed by atoms with Gasteiger partial charge in [0.15, 0.2) is 0 Å². The van der Waals surface area contributed by atoms with Crippen molar-refractivity contribution < 1.29 is 29.3 Å². The number of aliphatic hydroxyl groups excluding tert-OH is 4. The third-order valence-corrected chi connectivity index (χ3v) is 6.50. The second-order valence-electron chi connectivity index (χ2n) is 9.71. The molecule has 0 fully saturated rings. The second kappa shape index (κ2) is 15.5. The van der Waals surface area contributed by atoms with Crippen LogP contribution in [0.25, 0.3) is 22.6 Å². The van der Waals surface area contributed by atoms with E-state index in [0.717, 1.165) is 28.9 Å². The van der Waals surface area contributed by atoms with E-state index in [1.807, 2.05) is 48.5 Å². The van der Waals surface area contributed by atoms with Crippen molar-refractivity contribution in [3.8, 4) is 22.6 Å². The first kappa shape index (κ1) is 30.5. The molecule has 4 heterocycles. The molecule has 0 saturated carbocycles. The van der Waals surface area contributed by atoms with Gasteiger partial charge in [0.2, 0.25) is 0 Å². The van der Waals surface area contributed by atoms with Gasteiger partial charge in [-0.25, -0.2) is 0 Å². The Morgan fingerprint density at radius 1 is 0.610 bits per heavy atom. The molecule has 0 saturated heterocycles. The Balaban J connectivity index is 1.65. The number of furan rings is 2. The van der Waals surface area contributed by atoms with E-state index in [4.69, 9.17) is 24.5 Å². The average Bonchev–Trinajstić information content (AvgIpc) is 3.73. The minimum Gasteiger partial charge on any atom is -0.464 e. The van der Waals surface area contributed by atoms with Crippen LogP contribution in [0, 0.1) is 0 Å². The number of rotatable bonds is 17. The first-order valence-corrected chi connectivity index (χ1v) is 13.4. The summed E-state index contributed by atoms with van der Waals surface area (Å²) in [7, 11) is 0. The van der Waals surface area contributed by atoms with Crippen LogP contribution in [0.4, 0.5) is 0 Å². The molecule has 0 spiro atoms. The van der Waals surface area contributed by atoms with E-state index >= 15 is 0 Å². The van der Waals surface area contributed by atoms with Crippen LogP contribution in [0.1, 0.15) is 29.2 Å². The highest BCUT2D eigenvalue weighted by molar-refractivity contribution is 5.59. The van der Waals surface area contributed by atoms with Crippen LogP contribution in [0.2, 0.25) is 0 Å². The number of nitrogens with zero attached hydrogens (tertiary/aromatic N) is 5. The Hall–Kier alpha value is -3.46. The number of aliphatic hydroxyl groups is 4. The molecule has 0 radical (unpaired) electrons. The summed E-state index contributed by atoms with van der Waals surface area (Å²) >= 11 is 0. The molecule has 0 unspecified atom stereocenters. The van der Waals surface area contributed by atoms with Crippen LogP contribution < -0.4 is 5.73 Å². The maximum absolute atomic E-state index is 9.57. The van der Waals surface area contributed by atoms with E-state index in [-0.39, 0.29) is 40.0 Å². The van der Waals surface area contributed by atoms with E-state index in [0.29, 0.717) is 49.1 Å². The van der Waals surface area contributed by atoms with Crippen molar-refractivity contribution in [2.75, 3.05) is 40.0 Å². The lowest BCUT2D eigenvalue weighted by atomic mass is 10.1. The Morgan fingerprint density at radius 3 is 1.32 bits per heavy atom. The molecular weight excluding hydrogens is 528 g/mol. The average molecular weight is 567 g/mol. The Labute approximate surface area is 238 Å². The van der Waals surface area contributed by atoms with E-state index in [9.17, 15) is 20.4 Å². The van der Waals surface area contributed by atoms with Crippen molar-refractivity contribution in [1.82, 2.24) is 24.7 Å². The smallest absolute Gasteiger partial charge is 0.133 e. The lowest BCUT2D eigenvalue weighted by Gasteiger charge is -2.23. The number of hydrogen-bond donors (Lipinski definition) is 5. The molecule has 4 rings (SSSR count). The molecule has 4 aromatic rings. The van der Waals surface area contributed by atoms with Gasteiger partial charge in [0.1, 0.15) is 11.5 Å².